The Morgan fingerprint density at radius 3 is 2.94 bits per heavy atom. The molecule has 1 N–H and O–H groups in total. The van der Waals surface area contributed by atoms with Gasteiger partial charge in [-0.1, -0.05) is 0 Å². The molecule has 0 saturated carbocycles. The second-order valence-corrected chi connectivity index (χ2v) is 4.90. The lowest BCUT2D eigenvalue weighted by Crippen LogP contribution is -2.27. The highest BCUT2D eigenvalue weighted by molar-refractivity contribution is 5.44. The third-order valence-electron chi connectivity index (χ3n) is 3.12. The van der Waals surface area contributed by atoms with Crippen LogP contribution < -0.4 is 15.0 Å². The quantitative estimate of drug-likeness (QED) is 0.848. The fraction of sp³-hybridized carbons (Fsp3) is 0.615. The van der Waals surface area contributed by atoms with Crippen molar-refractivity contribution >= 4 is 5.82 Å². The van der Waals surface area contributed by atoms with Crippen LogP contribution >= 0.6 is 0 Å². The third kappa shape index (κ3) is 2.69. The summed E-state index contributed by atoms with van der Waals surface area (Å²) in [7, 11) is 2.05. The number of nitrogens with one attached hydrogen (secondary N) is 1. The maximum absolute atomic E-state index is 5.83. The van der Waals surface area contributed by atoms with Gasteiger partial charge in [-0.15, -0.1) is 0 Å². The minimum absolute atomic E-state index is 0.170. The van der Waals surface area contributed by atoms with Crippen molar-refractivity contribution in [1.82, 2.24) is 10.3 Å². The number of hydrogen-bond donors (Lipinski definition) is 1. The predicted molar refractivity (Wildman–Crippen MR) is 69.6 cm³/mol. The molecule has 0 aromatic carbocycles. The minimum Gasteiger partial charge on any atom is -0.473 e. The van der Waals surface area contributed by atoms with E-state index in [0.717, 1.165) is 30.4 Å². The van der Waals surface area contributed by atoms with E-state index < -0.39 is 0 Å². The van der Waals surface area contributed by atoms with E-state index in [1.807, 2.05) is 0 Å². The zero-order chi connectivity index (χ0) is 12.4. The first kappa shape index (κ1) is 12.2. The van der Waals surface area contributed by atoms with Crippen molar-refractivity contribution in [3.05, 3.63) is 17.7 Å². The van der Waals surface area contributed by atoms with Crippen molar-refractivity contribution in [2.45, 2.75) is 39.5 Å². The van der Waals surface area contributed by atoms with Gasteiger partial charge in [0.25, 0.3) is 0 Å². The Balaban J connectivity index is 2.29. The molecule has 0 fully saturated rings. The second kappa shape index (κ2) is 4.92. The summed E-state index contributed by atoms with van der Waals surface area (Å²) in [6.07, 6.45) is 0.170. The van der Waals surface area contributed by atoms with E-state index in [0.29, 0.717) is 6.04 Å². The van der Waals surface area contributed by atoms with Gasteiger partial charge >= 0.3 is 0 Å². The minimum atomic E-state index is 0.170. The van der Waals surface area contributed by atoms with E-state index in [1.54, 1.807) is 0 Å². The molecule has 1 aliphatic heterocycles. The molecule has 94 valence electrons. The molecular formula is C13H21N3O. The average Bonchev–Trinajstić information content (AvgIpc) is 2.47. The van der Waals surface area contributed by atoms with Gasteiger partial charge in [0.2, 0.25) is 5.88 Å². The molecule has 17 heavy (non-hydrogen) atoms. The van der Waals surface area contributed by atoms with E-state index in [1.165, 1.54) is 0 Å². The highest BCUT2D eigenvalue weighted by atomic mass is 16.5. The highest BCUT2D eigenvalue weighted by Gasteiger charge is 2.16. The van der Waals surface area contributed by atoms with Gasteiger partial charge in [-0.3, -0.25) is 0 Å². The summed E-state index contributed by atoms with van der Waals surface area (Å²) in [6, 6.07) is 4.59. The van der Waals surface area contributed by atoms with Gasteiger partial charge in [0.1, 0.15) is 11.9 Å². The Bertz CT molecular complexity index is 392. The first-order valence-electron chi connectivity index (χ1n) is 6.18. The van der Waals surface area contributed by atoms with E-state index in [2.05, 4.69) is 55.2 Å². The molecule has 1 aliphatic rings. The van der Waals surface area contributed by atoms with Crippen LogP contribution in [0.25, 0.3) is 0 Å². The fourth-order valence-electron chi connectivity index (χ4n) is 1.80. The van der Waals surface area contributed by atoms with E-state index in [4.69, 9.17) is 4.74 Å². The number of pyridine rings is 1. The number of nitrogens with zero attached hydrogens (tertiary/aromatic N) is 2. The summed E-state index contributed by atoms with van der Waals surface area (Å²) >= 11 is 0. The van der Waals surface area contributed by atoms with Crippen LogP contribution in [0.1, 0.15) is 26.3 Å². The largest absolute Gasteiger partial charge is 0.473 e. The smallest absolute Gasteiger partial charge is 0.220 e. The van der Waals surface area contributed by atoms with E-state index in [-0.39, 0.29) is 6.10 Å². The van der Waals surface area contributed by atoms with Gasteiger partial charge in [0.05, 0.1) is 0 Å². The van der Waals surface area contributed by atoms with E-state index >= 15 is 0 Å². The lowest BCUT2D eigenvalue weighted by molar-refractivity contribution is 0.218. The molecule has 2 rings (SSSR count). The zero-order valence-electron chi connectivity index (χ0n) is 11.0. The predicted octanol–water partition coefficient (Wildman–Crippen LogP) is 1.80. The van der Waals surface area contributed by atoms with Gasteiger partial charge in [-0.2, -0.15) is 4.98 Å². The molecule has 0 aliphatic carbocycles. The zero-order valence-corrected chi connectivity index (χ0v) is 11.0. The molecular weight excluding hydrogens is 214 g/mol. The SMILES string of the molecule is CC(C)N(C)c1ccc2c(n1)O[C@H](C)CNC2. The average molecular weight is 235 g/mol. The molecule has 1 aromatic rings. The summed E-state index contributed by atoms with van der Waals surface area (Å²) < 4.78 is 5.83. The van der Waals surface area contributed by atoms with E-state index in [9.17, 15) is 0 Å². The lowest BCUT2D eigenvalue weighted by atomic mass is 10.2. The Hall–Kier alpha value is -1.29. The monoisotopic (exact) mass is 235 g/mol. The van der Waals surface area contributed by atoms with Crippen molar-refractivity contribution < 1.29 is 4.74 Å². The van der Waals surface area contributed by atoms with Crippen molar-refractivity contribution in [2.75, 3.05) is 18.5 Å². The molecule has 0 bridgehead atoms. The molecule has 2 heterocycles. The topological polar surface area (TPSA) is 37.4 Å². The Morgan fingerprint density at radius 1 is 1.47 bits per heavy atom. The third-order valence-corrected chi connectivity index (χ3v) is 3.12. The molecule has 0 spiro atoms. The highest BCUT2D eigenvalue weighted by Crippen LogP contribution is 2.24. The summed E-state index contributed by atoms with van der Waals surface area (Å²) in [5.74, 6) is 1.74. The first-order chi connectivity index (χ1) is 8.08. The van der Waals surface area contributed by atoms with Crippen LogP contribution in [-0.2, 0) is 6.54 Å². The van der Waals surface area contributed by atoms with Crippen LogP contribution in [0.3, 0.4) is 0 Å². The molecule has 0 saturated heterocycles. The van der Waals surface area contributed by atoms with Crippen LogP contribution in [0.5, 0.6) is 5.88 Å². The molecule has 0 amide bonds. The van der Waals surface area contributed by atoms with Crippen LogP contribution in [0.4, 0.5) is 5.82 Å². The standard InChI is InChI=1S/C13H21N3O/c1-9(2)16(4)12-6-5-11-8-14-7-10(3)17-13(11)15-12/h5-6,9-10,14H,7-8H2,1-4H3/t10-/m1/s1. The van der Waals surface area contributed by atoms with Gasteiger partial charge in [-0.25, -0.2) is 0 Å². The summed E-state index contributed by atoms with van der Waals surface area (Å²) in [6.45, 7) is 8.06. The van der Waals surface area contributed by atoms with Crippen LogP contribution in [0.15, 0.2) is 12.1 Å². The Morgan fingerprint density at radius 2 is 2.24 bits per heavy atom. The van der Waals surface area contributed by atoms with Crippen molar-refractivity contribution in [2.24, 2.45) is 0 Å². The van der Waals surface area contributed by atoms with Crippen LogP contribution in [-0.4, -0.2) is 30.7 Å². The molecule has 1 aromatic heterocycles. The van der Waals surface area contributed by atoms with Crippen LogP contribution in [0, 0.1) is 0 Å². The molecule has 4 heteroatoms. The normalized spacial score (nSPS) is 19.5. The number of anilines is 1. The molecule has 1 atom stereocenters. The maximum Gasteiger partial charge on any atom is 0.220 e. The summed E-state index contributed by atoms with van der Waals surface area (Å²) in [5, 5.41) is 3.35. The van der Waals surface area contributed by atoms with Gasteiger partial charge < -0.3 is 15.0 Å². The summed E-state index contributed by atoms with van der Waals surface area (Å²) in [4.78, 5) is 6.75. The number of fused-ring (bicyclic) bond motifs is 1. The van der Waals surface area contributed by atoms with Crippen LogP contribution in [0.2, 0.25) is 0 Å². The Labute approximate surface area is 103 Å². The second-order valence-electron chi connectivity index (χ2n) is 4.90. The fourth-order valence-corrected chi connectivity index (χ4v) is 1.80. The van der Waals surface area contributed by atoms with Gasteiger partial charge in [-0.05, 0) is 32.9 Å². The lowest BCUT2D eigenvalue weighted by Gasteiger charge is -2.23. The number of ether oxygens (including phenoxy) is 1. The van der Waals surface area contributed by atoms with Crippen molar-refractivity contribution in [3.63, 3.8) is 0 Å². The van der Waals surface area contributed by atoms with Gasteiger partial charge in [0, 0.05) is 31.7 Å². The maximum atomic E-state index is 5.83. The van der Waals surface area contributed by atoms with Crippen molar-refractivity contribution in [1.29, 1.82) is 0 Å². The number of rotatable bonds is 2. The molecule has 0 unspecified atom stereocenters. The first-order valence-corrected chi connectivity index (χ1v) is 6.18. The molecule has 0 radical (unpaired) electrons. The van der Waals surface area contributed by atoms with Crippen molar-refractivity contribution in [3.8, 4) is 5.88 Å². The summed E-state index contributed by atoms with van der Waals surface area (Å²) in [5.41, 5.74) is 1.13. The number of hydrogen-bond acceptors (Lipinski definition) is 4. The van der Waals surface area contributed by atoms with Gasteiger partial charge in [0.15, 0.2) is 0 Å². The Kier molecular flexibility index (Phi) is 3.52. The number of aromatic nitrogens is 1. The molecule has 4 nitrogen and oxygen atoms in total.